The summed E-state index contributed by atoms with van der Waals surface area (Å²) in [5, 5.41) is 16.0. The predicted octanol–water partition coefficient (Wildman–Crippen LogP) is 0.709. The van der Waals surface area contributed by atoms with Gasteiger partial charge < -0.3 is 14.9 Å². The van der Waals surface area contributed by atoms with Crippen LogP contribution in [0.2, 0.25) is 0 Å². The summed E-state index contributed by atoms with van der Waals surface area (Å²) < 4.78 is 4.70. The van der Waals surface area contributed by atoms with E-state index in [9.17, 15) is 4.79 Å². The van der Waals surface area contributed by atoms with E-state index in [2.05, 4.69) is 0 Å². The van der Waals surface area contributed by atoms with Crippen LogP contribution in [0, 0.1) is 0 Å². The van der Waals surface area contributed by atoms with Gasteiger partial charge in [-0.1, -0.05) is 13.8 Å². The molecule has 0 aliphatic rings. The van der Waals surface area contributed by atoms with Gasteiger partial charge in [0.1, 0.15) is 0 Å². The molecule has 0 heterocycles. The van der Waals surface area contributed by atoms with Gasteiger partial charge in [0.25, 0.3) is 0 Å². The van der Waals surface area contributed by atoms with Crippen LogP contribution in [0.1, 0.15) is 33.6 Å². The van der Waals surface area contributed by atoms with Gasteiger partial charge in [0.05, 0.1) is 19.3 Å². The molecule has 1 unspecified atom stereocenters. The Morgan fingerprint density at radius 2 is 1.92 bits per heavy atom. The number of aliphatic hydroxyl groups is 2. The summed E-state index contributed by atoms with van der Waals surface area (Å²) in [5.41, 5.74) is 0. The Bertz CT molecular complexity index is 112. The van der Waals surface area contributed by atoms with Crippen molar-refractivity contribution in [2.75, 3.05) is 13.2 Å². The fourth-order valence-electron chi connectivity index (χ4n) is 0.318. The van der Waals surface area contributed by atoms with E-state index in [-0.39, 0.29) is 12.6 Å². The molecule has 0 bridgehead atoms. The van der Waals surface area contributed by atoms with Gasteiger partial charge in [-0.3, -0.25) is 4.79 Å². The van der Waals surface area contributed by atoms with Crippen LogP contribution in [0.4, 0.5) is 0 Å². The van der Waals surface area contributed by atoms with Crippen molar-refractivity contribution in [2.45, 2.75) is 39.7 Å². The van der Waals surface area contributed by atoms with Crippen molar-refractivity contribution in [3.8, 4) is 0 Å². The average molecular weight is 192 g/mol. The van der Waals surface area contributed by atoms with Gasteiger partial charge in [0.2, 0.25) is 0 Å². The zero-order valence-electron chi connectivity index (χ0n) is 8.62. The molecule has 4 nitrogen and oxygen atoms in total. The van der Waals surface area contributed by atoms with E-state index in [1.54, 1.807) is 6.92 Å². The van der Waals surface area contributed by atoms with Crippen molar-refractivity contribution in [1.29, 1.82) is 0 Å². The Morgan fingerprint density at radius 3 is 2.15 bits per heavy atom. The second-order valence-electron chi connectivity index (χ2n) is 2.61. The molecule has 0 spiro atoms. The lowest BCUT2D eigenvalue weighted by atomic mass is 10.5. The van der Waals surface area contributed by atoms with Crippen LogP contribution in [0.3, 0.4) is 0 Å². The summed E-state index contributed by atoms with van der Waals surface area (Å²) in [6, 6.07) is 0. The molecule has 0 aliphatic carbocycles. The van der Waals surface area contributed by atoms with Crippen molar-refractivity contribution < 1.29 is 19.7 Å². The van der Waals surface area contributed by atoms with Crippen molar-refractivity contribution in [2.24, 2.45) is 0 Å². The van der Waals surface area contributed by atoms with Crippen LogP contribution in [0.25, 0.3) is 0 Å². The predicted molar refractivity (Wildman–Crippen MR) is 50.3 cm³/mol. The molecule has 0 radical (unpaired) electrons. The fourth-order valence-corrected chi connectivity index (χ4v) is 0.318. The SMILES string of the molecule is CC(O)CO.CCCOC(=O)CC. The third kappa shape index (κ3) is 18.4. The highest BCUT2D eigenvalue weighted by Gasteiger charge is 1.93. The summed E-state index contributed by atoms with van der Waals surface area (Å²) >= 11 is 0. The Kier molecular flexibility index (Phi) is 13.0. The van der Waals surface area contributed by atoms with Gasteiger partial charge in [-0.15, -0.1) is 0 Å². The maximum absolute atomic E-state index is 10.3. The normalized spacial score (nSPS) is 11.2. The van der Waals surface area contributed by atoms with Crippen molar-refractivity contribution in [3.05, 3.63) is 0 Å². The van der Waals surface area contributed by atoms with Gasteiger partial charge in [0, 0.05) is 6.42 Å². The van der Waals surface area contributed by atoms with Crippen molar-refractivity contribution in [3.63, 3.8) is 0 Å². The zero-order chi connectivity index (χ0) is 10.7. The standard InChI is InChI=1S/C6H12O2.C3H8O2/c1-3-5-8-6(7)4-2;1-3(5)2-4/h3-5H2,1-2H3;3-5H,2H2,1H3. The number of hydrogen-bond acceptors (Lipinski definition) is 4. The Hall–Kier alpha value is -0.610. The molecule has 0 aromatic carbocycles. The van der Waals surface area contributed by atoms with Gasteiger partial charge >= 0.3 is 5.97 Å². The molecule has 1 atom stereocenters. The number of carbonyl (C=O) groups excluding carboxylic acids is 1. The molecular formula is C9H20O4. The monoisotopic (exact) mass is 192 g/mol. The molecule has 13 heavy (non-hydrogen) atoms. The summed E-state index contributed by atoms with van der Waals surface area (Å²) in [7, 11) is 0. The van der Waals surface area contributed by atoms with Crippen molar-refractivity contribution >= 4 is 5.97 Å². The lowest BCUT2D eigenvalue weighted by Gasteiger charge is -1.97. The van der Waals surface area contributed by atoms with E-state index in [4.69, 9.17) is 14.9 Å². The molecule has 80 valence electrons. The number of aliphatic hydroxyl groups excluding tert-OH is 2. The number of hydrogen-bond donors (Lipinski definition) is 2. The Balaban J connectivity index is 0. The van der Waals surface area contributed by atoms with E-state index in [0.29, 0.717) is 13.0 Å². The Morgan fingerprint density at radius 1 is 1.46 bits per heavy atom. The van der Waals surface area contributed by atoms with Crippen LogP contribution in [-0.2, 0) is 9.53 Å². The van der Waals surface area contributed by atoms with E-state index in [1.807, 2.05) is 6.92 Å². The van der Waals surface area contributed by atoms with Crippen LogP contribution in [0.5, 0.6) is 0 Å². The quantitative estimate of drug-likeness (QED) is 0.644. The second kappa shape index (κ2) is 11.4. The van der Waals surface area contributed by atoms with E-state index in [0.717, 1.165) is 6.42 Å². The molecule has 0 amide bonds. The first kappa shape index (κ1) is 14.9. The lowest BCUT2D eigenvalue weighted by molar-refractivity contribution is -0.143. The molecule has 0 fully saturated rings. The minimum absolute atomic E-state index is 0.105. The topological polar surface area (TPSA) is 66.8 Å². The number of rotatable bonds is 4. The van der Waals surface area contributed by atoms with E-state index in [1.165, 1.54) is 6.92 Å². The lowest BCUT2D eigenvalue weighted by Crippen LogP contribution is -2.03. The van der Waals surface area contributed by atoms with Crippen LogP contribution < -0.4 is 0 Å². The molecule has 2 N–H and O–H groups in total. The number of ether oxygens (including phenoxy) is 1. The minimum atomic E-state index is -0.560. The first-order chi connectivity index (χ1) is 6.08. The summed E-state index contributed by atoms with van der Waals surface area (Å²) in [6.07, 6.45) is 0.834. The molecule has 0 saturated heterocycles. The highest BCUT2D eigenvalue weighted by molar-refractivity contribution is 5.68. The molecule has 0 aromatic rings. The first-order valence-corrected chi connectivity index (χ1v) is 4.52. The van der Waals surface area contributed by atoms with Crippen LogP contribution in [-0.4, -0.2) is 35.5 Å². The molecule has 4 heteroatoms. The average Bonchev–Trinajstić information content (AvgIpc) is 2.15. The fraction of sp³-hybridized carbons (Fsp3) is 0.889. The maximum Gasteiger partial charge on any atom is 0.305 e. The highest BCUT2D eigenvalue weighted by atomic mass is 16.5. The van der Waals surface area contributed by atoms with Crippen LogP contribution in [0.15, 0.2) is 0 Å². The molecule has 0 aliphatic heterocycles. The van der Waals surface area contributed by atoms with Gasteiger partial charge in [-0.25, -0.2) is 0 Å². The highest BCUT2D eigenvalue weighted by Crippen LogP contribution is 1.85. The van der Waals surface area contributed by atoms with Gasteiger partial charge in [-0.2, -0.15) is 0 Å². The first-order valence-electron chi connectivity index (χ1n) is 4.52. The molecule has 0 saturated carbocycles. The second-order valence-corrected chi connectivity index (χ2v) is 2.61. The number of esters is 1. The smallest absolute Gasteiger partial charge is 0.305 e. The van der Waals surface area contributed by atoms with E-state index < -0.39 is 6.10 Å². The molecule has 0 aromatic heterocycles. The molecule has 0 rings (SSSR count). The van der Waals surface area contributed by atoms with E-state index >= 15 is 0 Å². The largest absolute Gasteiger partial charge is 0.466 e. The van der Waals surface area contributed by atoms with Gasteiger partial charge in [0.15, 0.2) is 0 Å². The minimum Gasteiger partial charge on any atom is -0.466 e. The Labute approximate surface area is 79.5 Å². The van der Waals surface area contributed by atoms with Crippen LogP contribution >= 0.6 is 0 Å². The van der Waals surface area contributed by atoms with Crippen molar-refractivity contribution in [1.82, 2.24) is 0 Å². The summed E-state index contributed by atoms with van der Waals surface area (Å²) in [5.74, 6) is -0.105. The van der Waals surface area contributed by atoms with Gasteiger partial charge in [-0.05, 0) is 13.3 Å². The third-order valence-corrected chi connectivity index (χ3v) is 1.02. The zero-order valence-corrected chi connectivity index (χ0v) is 8.62. The summed E-state index contributed by atoms with van der Waals surface area (Å²) in [4.78, 5) is 10.3. The summed E-state index contributed by atoms with van der Waals surface area (Å²) in [6.45, 7) is 5.72. The molecular weight excluding hydrogens is 172 g/mol. The third-order valence-electron chi connectivity index (χ3n) is 1.02. The maximum atomic E-state index is 10.3. The number of carbonyl (C=O) groups is 1.